The Labute approximate surface area is 136 Å². The van der Waals surface area contributed by atoms with Crippen molar-refractivity contribution >= 4 is 11.7 Å². The first kappa shape index (κ1) is 16.1. The van der Waals surface area contributed by atoms with Crippen molar-refractivity contribution in [1.29, 1.82) is 0 Å². The molecule has 0 spiro atoms. The molecule has 4 heterocycles. The molecule has 1 N–H and O–H groups in total. The average Bonchev–Trinajstić information content (AvgIpc) is 2.96. The summed E-state index contributed by atoms with van der Waals surface area (Å²) in [5, 5.41) is 11.0. The maximum Gasteiger partial charge on any atom is 0.224 e. The van der Waals surface area contributed by atoms with Gasteiger partial charge in [0.2, 0.25) is 5.91 Å². The van der Waals surface area contributed by atoms with Gasteiger partial charge < -0.3 is 5.32 Å². The molecule has 3 saturated heterocycles. The Balaban J connectivity index is 1.62. The van der Waals surface area contributed by atoms with E-state index in [0.29, 0.717) is 17.7 Å². The molecule has 3 aliphatic rings. The van der Waals surface area contributed by atoms with Crippen molar-refractivity contribution in [3.63, 3.8) is 0 Å². The number of Topliss-reactive ketones (excluding diaryl/α,β-unsaturated/α-hetero) is 1. The molecule has 7 nitrogen and oxygen atoms in total. The molecule has 1 amide bonds. The Bertz CT molecular complexity index is 597. The topological polar surface area (TPSA) is 80.1 Å². The maximum absolute atomic E-state index is 12.3. The van der Waals surface area contributed by atoms with Crippen LogP contribution < -0.4 is 5.32 Å². The van der Waals surface area contributed by atoms with Crippen molar-refractivity contribution in [3.8, 4) is 0 Å². The van der Waals surface area contributed by atoms with Crippen molar-refractivity contribution in [2.24, 2.45) is 11.8 Å². The van der Waals surface area contributed by atoms with E-state index >= 15 is 0 Å². The van der Waals surface area contributed by atoms with E-state index in [1.165, 1.54) is 6.92 Å². The molecular formula is C16H25N5O2. The smallest absolute Gasteiger partial charge is 0.224 e. The number of amides is 1. The van der Waals surface area contributed by atoms with Crippen LogP contribution in [0.4, 0.5) is 0 Å². The SMILES string of the molecule is CC(=O)c1cn(CC2CC3CCN2CC3C(=O)NC(C)C)nn1. The van der Waals surface area contributed by atoms with Crippen LogP contribution >= 0.6 is 0 Å². The van der Waals surface area contributed by atoms with Crippen LogP contribution in [-0.4, -0.2) is 56.8 Å². The van der Waals surface area contributed by atoms with Crippen LogP contribution in [0.5, 0.6) is 0 Å². The zero-order valence-electron chi connectivity index (χ0n) is 14.0. The van der Waals surface area contributed by atoms with Crippen molar-refractivity contribution < 1.29 is 9.59 Å². The van der Waals surface area contributed by atoms with Crippen molar-refractivity contribution in [2.45, 2.75) is 52.2 Å². The second-order valence-corrected chi connectivity index (χ2v) is 7.09. The third-order valence-electron chi connectivity index (χ3n) is 4.94. The van der Waals surface area contributed by atoms with E-state index < -0.39 is 0 Å². The molecule has 4 atom stereocenters. The molecule has 1 aromatic heterocycles. The highest BCUT2D eigenvalue weighted by Gasteiger charge is 2.43. The van der Waals surface area contributed by atoms with Crippen LogP contribution in [0.1, 0.15) is 44.1 Å². The highest BCUT2D eigenvalue weighted by Crippen LogP contribution is 2.36. The van der Waals surface area contributed by atoms with Crippen molar-refractivity contribution in [1.82, 2.24) is 25.2 Å². The van der Waals surface area contributed by atoms with E-state index in [1.54, 1.807) is 10.9 Å². The second kappa shape index (κ2) is 6.39. The summed E-state index contributed by atoms with van der Waals surface area (Å²) in [4.78, 5) is 26.0. The normalized spacial score (nSPS) is 29.7. The van der Waals surface area contributed by atoms with Gasteiger partial charge in [0.15, 0.2) is 5.78 Å². The summed E-state index contributed by atoms with van der Waals surface area (Å²) in [6, 6.07) is 0.562. The molecular weight excluding hydrogens is 294 g/mol. The molecule has 4 unspecified atom stereocenters. The average molecular weight is 319 g/mol. The summed E-state index contributed by atoms with van der Waals surface area (Å²) in [6.45, 7) is 8.09. The Morgan fingerprint density at radius 2 is 2.22 bits per heavy atom. The number of aromatic nitrogens is 3. The summed E-state index contributed by atoms with van der Waals surface area (Å²) < 4.78 is 1.76. The van der Waals surface area contributed by atoms with Crippen molar-refractivity contribution in [3.05, 3.63) is 11.9 Å². The number of carbonyl (C=O) groups excluding carboxylic acids is 2. The molecule has 126 valence electrons. The molecule has 0 saturated carbocycles. The summed E-state index contributed by atoms with van der Waals surface area (Å²) in [5.74, 6) is 0.672. The van der Waals surface area contributed by atoms with Gasteiger partial charge in [0, 0.05) is 25.6 Å². The van der Waals surface area contributed by atoms with Crippen LogP contribution in [-0.2, 0) is 11.3 Å². The zero-order valence-corrected chi connectivity index (χ0v) is 14.0. The monoisotopic (exact) mass is 319 g/mol. The van der Waals surface area contributed by atoms with Crippen LogP contribution in [0.25, 0.3) is 0 Å². The van der Waals surface area contributed by atoms with Gasteiger partial charge in [-0.05, 0) is 39.2 Å². The summed E-state index contributed by atoms with van der Waals surface area (Å²) in [5.41, 5.74) is 0.412. The number of ketones is 1. The number of carbonyl (C=O) groups is 2. The number of fused-ring (bicyclic) bond motifs is 3. The number of nitrogens with one attached hydrogen (secondary N) is 1. The maximum atomic E-state index is 12.3. The molecule has 0 aliphatic carbocycles. The Hall–Kier alpha value is -1.76. The molecule has 1 aromatic rings. The summed E-state index contributed by atoms with van der Waals surface area (Å²) in [7, 11) is 0. The summed E-state index contributed by atoms with van der Waals surface area (Å²) >= 11 is 0. The first-order valence-electron chi connectivity index (χ1n) is 8.39. The summed E-state index contributed by atoms with van der Waals surface area (Å²) in [6.07, 6.45) is 3.81. The van der Waals surface area contributed by atoms with E-state index in [0.717, 1.165) is 32.5 Å². The lowest BCUT2D eigenvalue weighted by atomic mass is 9.75. The first-order valence-corrected chi connectivity index (χ1v) is 8.39. The molecule has 2 bridgehead atoms. The molecule has 3 aliphatic heterocycles. The van der Waals surface area contributed by atoms with Crippen LogP contribution in [0, 0.1) is 11.8 Å². The van der Waals surface area contributed by atoms with E-state index in [-0.39, 0.29) is 23.7 Å². The van der Waals surface area contributed by atoms with Gasteiger partial charge in [0.05, 0.1) is 18.7 Å². The number of hydrogen-bond donors (Lipinski definition) is 1. The van der Waals surface area contributed by atoms with Gasteiger partial charge in [-0.2, -0.15) is 0 Å². The van der Waals surface area contributed by atoms with Gasteiger partial charge in [-0.1, -0.05) is 5.21 Å². The highest BCUT2D eigenvalue weighted by molar-refractivity contribution is 5.91. The standard InChI is InChI=1S/C16H25N5O2/c1-10(2)17-16(23)14-8-20-5-4-12(14)6-13(20)7-21-9-15(11(3)22)18-19-21/h9-10,12-14H,4-8H2,1-3H3,(H,17,23). The fraction of sp³-hybridized carbons (Fsp3) is 0.750. The Kier molecular flexibility index (Phi) is 4.48. The number of nitrogens with zero attached hydrogens (tertiary/aromatic N) is 4. The largest absolute Gasteiger partial charge is 0.354 e. The Morgan fingerprint density at radius 3 is 2.78 bits per heavy atom. The van der Waals surface area contributed by atoms with E-state index in [1.807, 2.05) is 13.8 Å². The molecule has 4 rings (SSSR count). The van der Waals surface area contributed by atoms with Gasteiger partial charge in [-0.25, -0.2) is 0 Å². The molecule has 0 aromatic carbocycles. The van der Waals surface area contributed by atoms with Gasteiger partial charge in [-0.3, -0.25) is 19.2 Å². The number of hydrogen-bond acceptors (Lipinski definition) is 5. The molecule has 7 heteroatoms. The number of piperidine rings is 3. The lowest BCUT2D eigenvalue weighted by molar-refractivity contribution is -0.133. The molecule has 0 radical (unpaired) electrons. The van der Waals surface area contributed by atoms with E-state index in [2.05, 4.69) is 20.5 Å². The minimum Gasteiger partial charge on any atom is -0.354 e. The minimum absolute atomic E-state index is 0.0628. The van der Waals surface area contributed by atoms with Gasteiger partial charge in [-0.15, -0.1) is 5.10 Å². The third-order valence-corrected chi connectivity index (χ3v) is 4.94. The van der Waals surface area contributed by atoms with Gasteiger partial charge >= 0.3 is 0 Å². The number of rotatable bonds is 5. The van der Waals surface area contributed by atoms with Gasteiger partial charge in [0.1, 0.15) is 5.69 Å². The highest BCUT2D eigenvalue weighted by atomic mass is 16.2. The lowest BCUT2D eigenvalue weighted by Gasteiger charge is -2.49. The van der Waals surface area contributed by atoms with E-state index in [4.69, 9.17) is 0 Å². The van der Waals surface area contributed by atoms with Crippen LogP contribution in [0.2, 0.25) is 0 Å². The van der Waals surface area contributed by atoms with E-state index in [9.17, 15) is 9.59 Å². The predicted molar refractivity (Wildman–Crippen MR) is 84.9 cm³/mol. The van der Waals surface area contributed by atoms with Gasteiger partial charge in [0.25, 0.3) is 0 Å². The quantitative estimate of drug-likeness (QED) is 0.809. The zero-order chi connectivity index (χ0) is 16.6. The predicted octanol–water partition coefficient (Wildman–Crippen LogP) is 0.716. The fourth-order valence-electron chi connectivity index (χ4n) is 3.78. The Morgan fingerprint density at radius 1 is 1.43 bits per heavy atom. The van der Waals surface area contributed by atoms with Crippen molar-refractivity contribution in [2.75, 3.05) is 13.1 Å². The first-order chi connectivity index (χ1) is 10.9. The fourth-order valence-corrected chi connectivity index (χ4v) is 3.78. The third kappa shape index (κ3) is 3.44. The van der Waals surface area contributed by atoms with Crippen LogP contribution in [0.3, 0.4) is 0 Å². The minimum atomic E-state index is -0.0628. The second-order valence-electron chi connectivity index (χ2n) is 7.09. The molecule has 23 heavy (non-hydrogen) atoms. The molecule has 3 fully saturated rings. The lowest BCUT2D eigenvalue weighted by Crippen LogP contribution is -2.58. The van der Waals surface area contributed by atoms with Crippen LogP contribution in [0.15, 0.2) is 6.20 Å².